The Hall–Kier alpha value is -1.47. The molecule has 0 aliphatic rings. The highest BCUT2D eigenvalue weighted by Gasteiger charge is 2.00. The van der Waals surface area contributed by atoms with Crippen molar-refractivity contribution in [3.05, 3.63) is 64.2 Å². The number of halogens is 1. The molecule has 2 rings (SSSR count). The van der Waals surface area contributed by atoms with Crippen LogP contribution >= 0.6 is 11.6 Å². The fourth-order valence-corrected chi connectivity index (χ4v) is 1.96. The smallest absolute Gasteiger partial charge is 0.0426 e. The van der Waals surface area contributed by atoms with E-state index in [0.29, 0.717) is 0 Å². The molecular weight excluding hydrogens is 230 g/mol. The van der Waals surface area contributed by atoms with Crippen molar-refractivity contribution < 1.29 is 0 Å². The van der Waals surface area contributed by atoms with E-state index in [4.69, 9.17) is 11.6 Å². The molecule has 0 bridgehead atoms. The molecule has 0 aliphatic carbocycles. The Balaban J connectivity index is 2.12. The second-order valence-corrected chi connectivity index (χ2v) is 4.68. The summed E-state index contributed by atoms with van der Waals surface area (Å²) in [6.45, 7) is 5.03. The van der Waals surface area contributed by atoms with Crippen LogP contribution in [0.3, 0.4) is 0 Å². The fourth-order valence-electron chi connectivity index (χ4n) is 1.78. The van der Waals surface area contributed by atoms with E-state index in [1.54, 1.807) is 0 Å². The predicted molar refractivity (Wildman–Crippen MR) is 74.7 cm³/mol. The van der Waals surface area contributed by atoms with Gasteiger partial charge >= 0.3 is 0 Å². The van der Waals surface area contributed by atoms with Gasteiger partial charge in [-0.05, 0) is 42.7 Å². The van der Waals surface area contributed by atoms with Crippen LogP contribution in [-0.2, 0) is 6.54 Å². The van der Waals surface area contributed by atoms with E-state index in [1.165, 1.54) is 16.7 Å². The van der Waals surface area contributed by atoms with E-state index in [1.807, 2.05) is 18.2 Å². The minimum atomic E-state index is 0.767. The van der Waals surface area contributed by atoms with Gasteiger partial charge in [-0.25, -0.2) is 0 Å². The van der Waals surface area contributed by atoms with Crippen LogP contribution in [0.4, 0.5) is 5.69 Å². The highest BCUT2D eigenvalue weighted by Crippen LogP contribution is 2.21. The standard InChI is InChI=1S/C15H16ClN/c1-11-5-3-4-6-13(11)10-17-15-9-14(16)8-7-12(15)2/h3-9,17H,10H2,1-2H3. The van der Waals surface area contributed by atoms with Gasteiger partial charge in [-0.15, -0.1) is 0 Å². The molecule has 0 unspecified atom stereocenters. The minimum Gasteiger partial charge on any atom is -0.381 e. The van der Waals surface area contributed by atoms with Crippen molar-refractivity contribution in [3.63, 3.8) is 0 Å². The van der Waals surface area contributed by atoms with Crippen LogP contribution in [0, 0.1) is 13.8 Å². The molecule has 0 saturated carbocycles. The fraction of sp³-hybridized carbons (Fsp3) is 0.200. The molecule has 0 heterocycles. The van der Waals surface area contributed by atoms with Crippen molar-refractivity contribution >= 4 is 17.3 Å². The van der Waals surface area contributed by atoms with Crippen molar-refractivity contribution in [3.8, 4) is 0 Å². The molecule has 0 atom stereocenters. The molecule has 0 amide bonds. The first-order chi connectivity index (χ1) is 8.16. The van der Waals surface area contributed by atoms with Gasteiger partial charge in [-0.1, -0.05) is 41.9 Å². The molecule has 1 N–H and O–H groups in total. The number of hydrogen-bond donors (Lipinski definition) is 1. The highest BCUT2D eigenvalue weighted by molar-refractivity contribution is 6.30. The molecule has 17 heavy (non-hydrogen) atoms. The van der Waals surface area contributed by atoms with Crippen molar-refractivity contribution in [2.45, 2.75) is 20.4 Å². The van der Waals surface area contributed by atoms with Crippen molar-refractivity contribution in [1.82, 2.24) is 0 Å². The lowest BCUT2D eigenvalue weighted by molar-refractivity contribution is 1.11. The van der Waals surface area contributed by atoms with Crippen LogP contribution in [0.15, 0.2) is 42.5 Å². The quantitative estimate of drug-likeness (QED) is 0.835. The molecule has 0 fully saturated rings. The van der Waals surface area contributed by atoms with Gasteiger partial charge in [0.1, 0.15) is 0 Å². The molecule has 88 valence electrons. The SMILES string of the molecule is Cc1ccccc1CNc1cc(Cl)ccc1C. The van der Waals surface area contributed by atoms with E-state index in [0.717, 1.165) is 17.3 Å². The van der Waals surface area contributed by atoms with Crippen LogP contribution in [0.1, 0.15) is 16.7 Å². The first kappa shape index (κ1) is 12.0. The van der Waals surface area contributed by atoms with Crippen LogP contribution in [0.5, 0.6) is 0 Å². The Labute approximate surface area is 107 Å². The molecule has 0 aromatic heterocycles. The maximum absolute atomic E-state index is 5.99. The average molecular weight is 246 g/mol. The third kappa shape index (κ3) is 3.01. The lowest BCUT2D eigenvalue weighted by Crippen LogP contribution is -2.02. The molecule has 2 heteroatoms. The minimum absolute atomic E-state index is 0.767. The van der Waals surface area contributed by atoms with Crippen molar-refractivity contribution in [1.29, 1.82) is 0 Å². The Bertz CT molecular complexity index is 520. The van der Waals surface area contributed by atoms with Crippen LogP contribution in [-0.4, -0.2) is 0 Å². The second kappa shape index (κ2) is 5.24. The first-order valence-electron chi connectivity index (χ1n) is 5.71. The lowest BCUT2D eigenvalue weighted by atomic mass is 10.1. The zero-order valence-corrected chi connectivity index (χ0v) is 10.9. The third-order valence-electron chi connectivity index (χ3n) is 2.93. The van der Waals surface area contributed by atoms with Gasteiger partial charge < -0.3 is 5.32 Å². The zero-order chi connectivity index (χ0) is 12.3. The number of nitrogens with one attached hydrogen (secondary N) is 1. The summed E-state index contributed by atoms with van der Waals surface area (Å²) >= 11 is 5.99. The third-order valence-corrected chi connectivity index (χ3v) is 3.17. The van der Waals surface area contributed by atoms with Gasteiger partial charge in [0.05, 0.1) is 0 Å². The van der Waals surface area contributed by atoms with Crippen LogP contribution < -0.4 is 5.32 Å². The Kier molecular flexibility index (Phi) is 3.70. The zero-order valence-electron chi connectivity index (χ0n) is 10.1. The Morgan fingerprint density at radius 1 is 1.00 bits per heavy atom. The summed E-state index contributed by atoms with van der Waals surface area (Å²) in [5.41, 5.74) is 4.93. The average Bonchev–Trinajstić information content (AvgIpc) is 2.32. The maximum atomic E-state index is 5.99. The molecule has 0 saturated heterocycles. The molecule has 0 spiro atoms. The molecular formula is C15H16ClN. The van der Waals surface area contributed by atoms with Gasteiger partial charge in [0.15, 0.2) is 0 Å². The predicted octanol–water partition coefficient (Wildman–Crippen LogP) is 4.57. The van der Waals surface area contributed by atoms with Gasteiger partial charge in [-0.3, -0.25) is 0 Å². The first-order valence-corrected chi connectivity index (χ1v) is 6.09. The molecule has 2 aromatic rings. The monoisotopic (exact) mass is 245 g/mol. The number of benzene rings is 2. The van der Waals surface area contributed by atoms with E-state index in [-0.39, 0.29) is 0 Å². The maximum Gasteiger partial charge on any atom is 0.0426 e. The van der Waals surface area contributed by atoms with E-state index in [9.17, 15) is 0 Å². The van der Waals surface area contributed by atoms with Crippen molar-refractivity contribution in [2.24, 2.45) is 0 Å². The number of aryl methyl sites for hydroxylation is 2. The normalized spacial score (nSPS) is 10.3. The largest absolute Gasteiger partial charge is 0.381 e. The molecule has 0 aliphatic heterocycles. The van der Waals surface area contributed by atoms with Gasteiger partial charge in [0, 0.05) is 17.3 Å². The summed E-state index contributed by atoms with van der Waals surface area (Å²) in [5, 5.41) is 4.19. The molecule has 0 radical (unpaired) electrons. The Morgan fingerprint density at radius 3 is 2.53 bits per heavy atom. The van der Waals surface area contributed by atoms with Gasteiger partial charge in [0.25, 0.3) is 0 Å². The molecule has 1 nitrogen and oxygen atoms in total. The highest BCUT2D eigenvalue weighted by atomic mass is 35.5. The summed E-state index contributed by atoms with van der Waals surface area (Å²) in [4.78, 5) is 0. The summed E-state index contributed by atoms with van der Waals surface area (Å²) < 4.78 is 0. The van der Waals surface area contributed by atoms with Gasteiger partial charge in [0.2, 0.25) is 0 Å². The van der Waals surface area contributed by atoms with Crippen molar-refractivity contribution in [2.75, 3.05) is 5.32 Å². The number of hydrogen-bond acceptors (Lipinski definition) is 1. The van der Waals surface area contributed by atoms with Crippen LogP contribution in [0.2, 0.25) is 5.02 Å². The van der Waals surface area contributed by atoms with E-state index >= 15 is 0 Å². The number of anilines is 1. The number of rotatable bonds is 3. The van der Waals surface area contributed by atoms with E-state index in [2.05, 4.69) is 43.4 Å². The van der Waals surface area contributed by atoms with Crippen LogP contribution in [0.25, 0.3) is 0 Å². The lowest BCUT2D eigenvalue weighted by Gasteiger charge is -2.11. The summed E-state index contributed by atoms with van der Waals surface area (Å²) in [7, 11) is 0. The topological polar surface area (TPSA) is 12.0 Å². The summed E-state index contributed by atoms with van der Waals surface area (Å²) in [5.74, 6) is 0. The summed E-state index contributed by atoms with van der Waals surface area (Å²) in [6.07, 6.45) is 0. The molecule has 2 aromatic carbocycles. The van der Waals surface area contributed by atoms with Gasteiger partial charge in [-0.2, -0.15) is 0 Å². The second-order valence-electron chi connectivity index (χ2n) is 4.24. The Morgan fingerprint density at radius 2 is 1.76 bits per heavy atom. The summed E-state index contributed by atoms with van der Waals surface area (Å²) in [6, 6.07) is 14.3. The van der Waals surface area contributed by atoms with E-state index < -0.39 is 0 Å².